The first-order valence-corrected chi connectivity index (χ1v) is 6.05. The number of rotatable bonds is 1. The number of aliphatic hydroxyl groups is 1. The molecule has 0 fully saturated rings. The standard InChI is InChI=1S/C12H16OS/c1-12(2,13)10-6-3-7-11-9(10)5-4-8-14-11/h3,6-7,13H,4-5,8H2,1-2H3. The second-order valence-electron chi connectivity index (χ2n) is 4.29. The van der Waals surface area contributed by atoms with Crippen molar-refractivity contribution in [3.8, 4) is 0 Å². The smallest absolute Gasteiger partial charge is 0.0843 e. The van der Waals surface area contributed by atoms with Crippen LogP contribution in [0, 0.1) is 0 Å². The zero-order valence-corrected chi connectivity index (χ0v) is 9.53. The van der Waals surface area contributed by atoms with Gasteiger partial charge in [-0.1, -0.05) is 12.1 Å². The Bertz CT molecular complexity index is 339. The molecule has 1 aliphatic rings. The van der Waals surface area contributed by atoms with Gasteiger partial charge < -0.3 is 5.11 Å². The van der Waals surface area contributed by atoms with Crippen LogP contribution in [0.5, 0.6) is 0 Å². The molecule has 0 saturated carbocycles. The Hall–Kier alpha value is -0.470. The number of fused-ring (bicyclic) bond motifs is 1. The summed E-state index contributed by atoms with van der Waals surface area (Å²) in [4.78, 5) is 1.36. The van der Waals surface area contributed by atoms with Gasteiger partial charge in [-0.3, -0.25) is 0 Å². The molecule has 1 aromatic rings. The molecule has 0 bridgehead atoms. The molecule has 0 atom stereocenters. The zero-order chi connectivity index (χ0) is 10.2. The van der Waals surface area contributed by atoms with Gasteiger partial charge in [-0.2, -0.15) is 0 Å². The molecular formula is C12H16OS. The van der Waals surface area contributed by atoms with Crippen LogP contribution in [0.4, 0.5) is 0 Å². The van der Waals surface area contributed by atoms with E-state index in [1.54, 1.807) is 0 Å². The minimum Gasteiger partial charge on any atom is -0.386 e. The summed E-state index contributed by atoms with van der Waals surface area (Å²) >= 11 is 1.91. The molecule has 0 aliphatic carbocycles. The van der Waals surface area contributed by atoms with E-state index in [0.717, 1.165) is 12.0 Å². The Morgan fingerprint density at radius 3 is 2.86 bits per heavy atom. The van der Waals surface area contributed by atoms with E-state index >= 15 is 0 Å². The van der Waals surface area contributed by atoms with Crippen LogP contribution < -0.4 is 0 Å². The van der Waals surface area contributed by atoms with Crippen LogP contribution in [0.15, 0.2) is 23.1 Å². The third kappa shape index (κ3) is 1.82. The monoisotopic (exact) mass is 208 g/mol. The maximum Gasteiger partial charge on any atom is 0.0843 e. The van der Waals surface area contributed by atoms with Gasteiger partial charge in [-0.25, -0.2) is 0 Å². The van der Waals surface area contributed by atoms with Crippen LogP contribution >= 0.6 is 11.8 Å². The van der Waals surface area contributed by atoms with Crippen molar-refractivity contribution in [2.75, 3.05) is 5.75 Å². The lowest BCUT2D eigenvalue weighted by Gasteiger charge is -2.25. The molecular weight excluding hydrogens is 192 g/mol. The summed E-state index contributed by atoms with van der Waals surface area (Å²) in [6.45, 7) is 3.73. The SMILES string of the molecule is CC(C)(O)c1cccc2c1CCCS2. The molecule has 1 aromatic carbocycles. The van der Waals surface area contributed by atoms with Crippen molar-refractivity contribution in [1.29, 1.82) is 0 Å². The fourth-order valence-corrected chi connectivity index (χ4v) is 3.03. The molecule has 0 amide bonds. The van der Waals surface area contributed by atoms with Crippen LogP contribution in [0.3, 0.4) is 0 Å². The summed E-state index contributed by atoms with van der Waals surface area (Å²) in [5, 5.41) is 10.0. The molecule has 0 spiro atoms. The van der Waals surface area contributed by atoms with Gasteiger partial charge in [0.15, 0.2) is 0 Å². The van der Waals surface area contributed by atoms with Crippen molar-refractivity contribution in [3.05, 3.63) is 29.3 Å². The topological polar surface area (TPSA) is 20.2 Å². The lowest BCUT2D eigenvalue weighted by molar-refractivity contribution is 0.0773. The highest BCUT2D eigenvalue weighted by atomic mass is 32.2. The molecule has 0 unspecified atom stereocenters. The van der Waals surface area contributed by atoms with Crippen LogP contribution in [-0.4, -0.2) is 10.9 Å². The summed E-state index contributed by atoms with van der Waals surface area (Å²) in [6.07, 6.45) is 2.34. The minimum atomic E-state index is -0.705. The van der Waals surface area contributed by atoms with Crippen LogP contribution in [0.2, 0.25) is 0 Å². The van der Waals surface area contributed by atoms with Crippen LogP contribution in [0.1, 0.15) is 31.4 Å². The molecule has 2 rings (SSSR count). The minimum absolute atomic E-state index is 0.705. The summed E-state index contributed by atoms with van der Waals surface area (Å²) in [5.41, 5.74) is 1.75. The van der Waals surface area contributed by atoms with E-state index in [9.17, 15) is 5.11 Å². The molecule has 0 saturated heterocycles. The van der Waals surface area contributed by atoms with Gasteiger partial charge in [-0.15, -0.1) is 11.8 Å². The Morgan fingerprint density at radius 2 is 2.14 bits per heavy atom. The zero-order valence-electron chi connectivity index (χ0n) is 8.71. The third-order valence-electron chi connectivity index (χ3n) is 2.62. The first-order chi connectivity index (χ1) is 6.59. The second kappa shape index (κ2) is 3.59. The maximum atomic E-state index is 10.0. The van der Waals surface area contributed by atoms with E-state index in [1.807, 2.05) is 37.7 Å². The Labute approximate surface area is 89.5 Å². The Kier molecular flexibility index (Phi) is 2.58. The summed E-state index contributed by atoms with van der Waals surface area (Å²) < 4.78 is 0. The van der Waals surface area contributed by atoms with Crippen molar-refractivity contribution in [3.63, 3.8) is 0 Å². The molecule has 1 heterocycles. The van der Waals surface area contributed by atoms with Gasteiger partial charge in [0.25, 0.3) is 0 Å². The largest absolute Gasteiger partial charge is 0.386 e. The Balaban J connectivity index is 2.51. The van der Waals surface area contributed by atoms with Gasteiger partial charge in [0.05, 0.1) is 5.60 Å². The highest BCUT2D eigenvalue weighted by Crippen LogP contribution is 2.35. The average molecular weight is 208 g/mol. The van der Waals surface area contributed by atoms with E-state index in [0.29, 0.717) is 0 Å². The molecule has 2 heteroatoms. The fourth-order valence-electron chi connectivity index (χ4n) is 1.96. The van der Waals surface area contributed by atoms with Gasteiger partial charge in [-0.05, 0) is 49.6 Å². The third-order valence-corrected chi connectivity index (χ3v) is 3.81. The van der Waals surface area contributed by atoms with Gasteiger partial charge >= 0.3 is 0 Å². The summed E-state index contributed by atoms with van der Waals surface area (Å²) in [5.74, 6) is 1.21. The lowest BCUT2D eigenvalue weighted by atomic mass is 9.91. The average Bonchev–Trinajstić information content (AvgIpc) is 2.15. The fraction of sp³-hybridized carbons (Fsp3) is 0.500. The molecule has 14 heavy (non-hydrogen) atoms. The molecule has 1 nitrogen and oxygen atoms in total. The van der Waals surface area contributed by atoms with E-state index < -0.39 is 5.60 Å². The number of thioether (sulfide) groups is 1. The summed E-state index contributed by atoms with van der Waals surface area (Å²) in [6, 6.07) is 6.25. The number of hydrogen-bond donors (Lipinski definition) is 1. The lowest BCUT2D eigenvalue weighted by Crippen LogP contribution is -2.19. The Morgan fingerprint density at radius 1 is 1.36 bits per heavy atom. The normalized spacial score (nSPS) is 16.5. The van der Waals surface area contributed by atoms with Crippen molar-refractivity contribution in [2.45, 2.75) is 37.2 Å². The van der Waals surface area contributed by atoms with E-state index in [4.69, 9.17) is 0 Å². The highest BCUT2D eigenvalue weighted by Gasteiger charge is 2.23. The molecule has 1 aliphatic heterocycles. The first-order valence-electron chi connectivity index (χ1n) is 5.06. The van der Waals surface area contributed by atoms with Crippen LogP contribution in [0.25, 0.3) is 0 Å². The highest BCUT2D eigenvalue weighted by molar-refractivity contribution is 7.99. The van der Waals surface area contributed by atoms with Crippen molar-refractivity contribution in [1.82, 2.24) is 0 Å². The maximum absolute atomic E-state index is 10.0. The predicted molar refractivity (Wildman–Crippen MR) is 60.7 cm³/mol. The van der Waals surface area contributed by atoms with E-state index in [2.05, 4.69) is 6.07 Å². The van der Waals surface area contributed by atoms with Crippen molar-refractivity contribution in [2.24, 2.45) is 0 Å². The first kappa shape index (κ1) is 10.1. The number of benzene rings is 1. The quantitative estimate of drug-likeness (QED) is 0.765. The van der Waals surface area contributed by atoms with Crippen LogP contribution in [-0.2, 0) is 12.0 Å². The molecule has 0 radical (unpaired) electrons. The summed E-state index contributed by atoms with van der Waals surface area (Å²) in [7, 11) is 0. The van der Waals surface area contributed by atoms with Gasteiger partial charge in [0, 0.05) is 4.90 Å². The predicted octanol–water partition coefficient (Wildman–Crippen LogP) is 2.95. The van der Waals surface area contributed by atoms with Crippen molar-refractivity contribution < 1.29 is 5.11 Å². The van der Waals surface area contributed by atoms with E-state index in [1.165, 1.54) is 22.6 Å². The van der Waals surface area contributed by atoms with E-state index in [-0.39, 0.29) is 0 Å². The molecule has 76 valence electrons. The number of hydrogen-bond acceptors (Lipinski definition) is 2. The molecule has 1 N–H and O–H groups in total. The van der Waals surface area contributed by atoms with Crippen molar-refractivity contribution >= 4 is 11.8 Å². The molecule has 0 aromatic heterocycles. The van der Waals surface area contributed by atoms with Gasteiger partial charge in [0.1, 0.15) is 0 Å². The van der Waals surface area contributed by atoms with Gasteiger partial charge in [0.2, 0.25) is 0 Å². The second-order valence-corrected chi connectivity index (χ2v) is 5.43.